The Bertz CT molecular complexity index is 458. The Labute approximate surface area is 124 Å². The van der Waals surface area contributed by atoms with E-state index in [0.717, 1.165) is 0 Å². The van der Waals surface area contributed by atoms with E-state index < -0.39 is 29.0 Å². The van der Waals surface area contributed by atoms with Gasteiger partial charge in [0.25, 0.3) is 0 Å². The van der Waals surface area contributed by atoms with Gasteiger partial charge in [-0.15, -0.1) is 0 Å². The average molecular weight is 298 g/mol. The Morgan fingerprint density at radius 3 is 2.14 bits per heavy atom. The highest BCUT2D eigenvalue weighted by Gasteiger charge is 2.40. The van der Waals surface area contributed by atoms with Gasteiger partial charge in [-0.1, -0.05) is 0 Å². The molecule has 1 aliphatic rings. The lowest BCUT2D eigenvalue weighted by Gasteiger charge is -2.34. The minimum Gasteiger partial charge on any atom is -0.465 e. The van der Waals surface area contributed by atoms with Crippen LogP contribution in [-0.4, -0.2) is 66.2 Å². The molecule has 0 aliphatic carbocycles. The van der Waals surface area contributed by atoms with Crippen LogP contribution in [0.4, 0.5) is 0 Å². The molecule has 0 unspecified atom stereocenters. The number of nitrogens with zero attached hydrogens (tertiary/aromatic N) is 2. The normalized spacial score (nSPS) is 16.2. The number of likely N-dealkylation sites (N-methyl/N-ethyl adjacent to an activating group) is 1. The Kier molecular flexibility index (Phi) is 5.46. The maximum atomic E-state index is 12.2. The molecule has 1 rings (SSSR count). The van der Waals surface area contributed by atoms with E-state index >= 15 is 0 Å². The van der Waals surface area contributed by atoms with Crippen molar-refractivity contribution in [2.75, 3.05) is 32.8 Å². The monoisotopic (exact) mass is 298 g/mol. The maximum Gasteiger partial charge on any atom is 0.319 e. The molecule has 0 saturated carbocycles. The predicted molar refractivity (Wildman–Crippen MR) is 74.3 cm³/mol. The third-order valence-electron chi connectivity index (χ3n) is 3.60. The molecular formula is C14H22N2O5. The molecule has 2 amide bonds. The quantitative estimate of drug-likeness (QED) is 0.386. The summed E-state index contributed by atoms with van der Waals surface area (Å²) >= 11 is 0. The van der Waals surface area contributed by atoms with Gasteiger partial charge in [-0.3, -0.25) is 19.2 Å². The van der Waals surface area contributed by atoms with Crippen LogP contribution in [0.2, 0.25) is 0 Å². The number of hydrogen-bond donors (Lipinski definition) is 0. The summed E-state index contributed by atoms with van der Waals surface area (Å²) in [7, 11) is 0. The zero-order chi connectivity index (χ0) is 16.2. The first-order chi connectivity index (χ1) is 9.75. The third-order valence-corrected chi connectivity index (χ3v) is 3.60. The van der Waals surface area contributed by atoms with Crippen molar-refractivity contribution in [2.45, 2.75) is 27.7 Å². The van der Waals surface area contributed by atoms with Crippen LogP contribution >= 0.6 is 0 Å². The molecule has 1 fully saturated rings. The van der Waals surface area contributed by atoms with Crippen LogP contribution < -0.4 is 0 Å². The Morgan fingerprint density at radius 1 is 1.10 bits per heavy atom. The van der Waals surface area contributed by atoms with Crippen molar-refractivity contribution in [3.05, 3.63) is 0 Å². The van der Waals surface area contributed by atoms with Gasteiger partial charge in [-0.25, -0.2) is 0 Å². The lowest BCUT2D eigenvalue weighted by molar-refractivity contribution is -0.161. The van der Waals surface area contributed by atoms with Crippen LogP contribution in [0.15, 0.2) is 0 Å². The van der Waals surface area contributed by atoms with Gasteiger partial charge in [0.2, 0.25) is 0 Å². The summed E-state index contributed by atoms with van der Waals surface area (Å²) in [5, 5.41) is 0. The van der Waals surface area contributed by atoms with E-state index in [9.17, 15) is 19.2 Å². The number of amides is 2. The van der Waals surface area contributed by atoms with Crippen molar-refractivity contribution in [2.24, 2.45) is 5.41 Å². The van der Waals surface area contributed by atoms with E-state index in [0.29, 0.717) is 19.6 Å². The first-order valence-corrected chi connectivity index (χ1v) is 7.04. The molecule has 1 saturated heterocycles. The standard InChI is InChI=1S/C14H22N2O5/c1-5-15-7-8-16(12(19)11(15)18)9-10(17)14(3,4)13(20)21-6-2/h5-9H2,1-4H3. The lowest BCUT2D eigenvalue weighted by atomic mass is 9.87. The van der Waals surface area contributed by atoms with Crippen molar-refractivity contribution >= 4 is 23.6 Å². The lowest BCUT2D eigenvalue weighted by Crippen LogP contribution is -2.56. The van der Waals surface area contributed by atoms with Crippen molar-refractivity contribution in [1.29, 1.82) is 0 Å². The smallest absolute Gasteiger partial charge is 0.319 e. The summed E-state index contributed by atoms with van der Waals surface area (Å²) in [5.74, 6) is -2.37. The van der Waals surface area contributed by atoms with Crippen LogP contribution in [-0.2, 0) is 23.9 Å². The first-order valence-electron chi connectivity index (χ1n) is 7.04. The van der Waals surface area contributed by atoms with Crippen LogP contribution in [0.25, 0.3) is 0 Å². The molecule has 1 aliphatic heterocycles. The van der Waals surface area contributed by atoms with Crippen molar-refractivity contribution in [3.63, 3.8) is 0 Å². The second-order valence-electron chi connectivity index (χ2n) is 5.38. The molecule has 0 bridgehead atoms. The number of carbonyl (C=O) groups excluding carboxylic acids is 4. The number of ketones is 1. The number of carbonyl (C=O) groups is 4. The van der Waals surface area contributed by atoms with Crippen LogP contribution in [0, 0.1) is 5.41 Å². The highest BCUT2D eigenvalue weighted by atomic mass is 16.5. The zero-order valence-electron chi connectivity index (χ0n) is 13.0. The van der Waals surface area contributed by atoms with E-state index in [1.165, 1.54) is 23.6 Å². The third kappa shape index (κ3) is 3.59. The van der Waals surface area contributed by atoms with Gasteiger partial charge in [0, 0.05) is 19.6 Å². The van der Waals surface area contributed by atoms with Crippen molar-refractivity contribution in [3.8, 4) is 0 Å². The number of rotatable bonds is 6. The molecule has 118 valence electrons. The van der Waals surface area contributed by atoms with Crippen LogP contribution in [0.5, 0.6) is 0 Å². The number of Topliss-reactive ketones (excluding diaryl/α,β-unsaturated/α-hetero) is 1. The fraction of sp³-hybridized carbons (Fsp3) is 0.714. The molecule has 0 spiro atoms. The molecule has 0 aromatic carbocycles. The summed E-state index contributed by atoms with van der Waals surface area (Å²) < 4.78 is 4.86. The topological polar surface area (TPSA) is 84.0 Å². The molecule has 0 atom stereocenters. The molecule has 0 radical (unpaired) electrons. The number of hydrogen-bond acceptors (Lipinski definition) is 5. The molecule has 0 N–H and O–H groups in total. The van der Waals surface area contributed by atoms with E-state index in [1.807, 2.05) is 0 Å². The zero-order valence-corrected chi connectivity index (χ0v) is 13.0. The van der Waals surface area contributed by atoms with E-state index in [2.05, 4.69) is 0 Å². The van der Waals surface area contributed by atoms with E-state index in [-0.39, 0.29) is 13.2 Å². The Balaban J connectivity index is 2.73. The summed E-state index contributed by atoms with van der Waals surface area (Å²) in [6.07, 6.45) is 0. The van der Waals surface area contributed by atoms with Crippen molar-refractivity contribution < 1.29 is 23.9 Å². The summed E-state index contributed by atoms with van der Waals surface area (Å²) in [6.45, 7) is 7.44. The Hall–Kier alpha value is -1.92. The van der Waals surface area contributed by atoms with E-state index in [4.69, 9.17) is 4.74 Å². The van der Waals surface area contributed by atoms with Gasteiger partial charge in [0.1, 0.15) is 5.41 Å². The Morgan fingerprint density at radius 2 is 1.62 bits per heavy atom. The van der Waals surface area contributed by atoms with Gasteiger partial charge in [-0.2, -0.15) is 0 Å². The summed E-state index contributed by atoms with van der Waals surface area (Å²) in [5.41, 5.74) is -1.33. The maximum absolute atomic E-state index is 12.2. The number of ether oxygens (including phenoxy) is 1. The van der Waals surface area contributed by atoms with E-state index in [1.54, 1.807) is 13.8 Å². The SMILES string of the molecule is CCOC(=O)C(C)(C)C(=O)CN1CCN(CC)C(=O)C1=O. The molecule has 0 aromatic rings. The molecular weight excluding hydrogens is 276 g/mol. The first kappa shape index (κ1) is 17.1. The molecule has 21 heavy (non-hydrogen) atoms. The minimum atomic E-state index is -1.33. The van der Waals surface area contributed by atoms with Gasteiger partial charge in [0.15, 0.2) is 5.78 Å². The highest BCUT2D eigenvalue weighted by Crippen LogP contribution is 2.20. The minimum absolute atomic E-state index is 0.183. The molecule has 0 aromatic heterocycles. The number of piperazine rings is 1. The second-order valence-corrected chi connectivity index (χ2v) is 5.38. The average Bonchev–Trinajstić information content (AvgIpc) is 2.44. The van der Waals surface area contributed by atoms with Gasteiger partial charge in [0.05, 0.1) is 13.2 Å². The summed E-state index contributed by atoms with van der Waals surface area (Å²) in [4.78, 5) is 50.3. The molecule has 7 heteroatoms. The summed E-state index contributed by atoms with van der Waals surface area (Å²) in [6, 6.07) is 0. The fourth-order valence-corrected chi connectivity index (χ4v) is 1.96. The van der Waals surface area contributed by atoms with Gasteiger partial charge < -0.3 is 14.5 Å². The number of esters is 1. The largest absolute Gasteiger partial charge is 0.465 e. The predicted octanol–water partition coefficient (Wildman–Crippen LogP) is -0.164. The van der Waals surface area contributed by atoms with Crippen LogP contribution in [0.3, 0.4) is 0 Å². The van der Waals surface area contributed by atoms with Crippen LogP contribution in [0.1, 0.15) is 27.7 Å². The molecule has 7 nitrogen and oxygen atoms in total. The fourth-order valence-electron chi connectivity index (χ4n) is 1.96. The van der Waals surface area contributed by atoms with Gasteiger partial charge >= 0.3 is 17.8 Å². The van der Waals surface area contributed by atoms with Crippen molar-refractivity contribution in [1.82, 2.24) is 9.80 Å². The second kappa shape index (κ2) is 6.69. The molecule has 1 heterocycles. The van der Waals surface area contributed by atoms with Gasteiger partial charge in [-0.05, 0) is 27.7 Å². The highest BCUT2D eigenvalue weighted by molar-refractivity contribution is 6.35.